The van der Waals surface area contributed by atoms with Crippen molar-refractivity contribution in [3.63, 3.8) is 0 Å². The Bertz CT molecular complexity index is 826. The molecule has 0 saturated heterocycles. The van der Waals surface area contributed by atoms with Crippen LogP contribution in [0.2, 0.25) is 38.3 Å². The van der Waals surface area contributed by atoms with Crippen molar-refractivity contribution in [1.82, 2.24) is 10.6 Å². The summed E-state index contributed by atoms with van der Waals surface area (Å²) in [4.78, 5) is 52.7. The maximum atomic E-state index is 13.6. The molecule has 1 saturated carbocycles. The molecular formula is C26H50N2O8Si2. The molecule has 220 valence electrons. The summed E-state index contributed by atoms with van der Waals surface area (Å²) in [6.45, 7) is 19.3. The number of hydrogen-bond donors (Lipinski definition) is 4. The first kappa shape index (κ1) is 34.3. The molecule has 0 spiro atoms. The number of hydrogen-bond acceptors (Lipinski definition) is 6. The molecule has 1 aliphatic rings. The van der Waals surface area contributed by atoms with Crippen LogP contribution in [-0.4, -0.2) is 76.9 Å². The third-order valence-electron chi connectivity index (χ3n) is 9.32. The van der Waals surface area contributed by atoms with Crippen LogP contribution in [0, 0.1) is 21.7 Å². The molecule has 0 aromatic heterocycles. The van der Waals surface area contributed by atoms with Gasteiger partial charge in [0.2, 0.25) is 11.8 Å². The van der Waals surface area contributed by atoms with Crippen molar-refractivity contribution in [3.05, 3.63) is 0 Å². The van der Waals surface area contributed by atoms with Gasteiger partial charge in [-0.1, -0.05) is 0 Å². The Morgan fingerprint density at radius 2 is 0.921 bits per heavy atom. The van der Waals surface area contributed by atoms with E-state index in [1.54, 1.807) is 0 Å². The minimum atomic E-state index is -1.97. The monoisotopic (exact) mass is 574 g/mol. The van der Waals surface area contributed by atoms with Gasteiger partial charge in [-0.05, 0) is 92.7 Å². The molecule has 0 unspecified atom stereocenters. The first-order valence-corrected chi connectivity index (χ1v) is 19.8. The highest BCUT2D eigenvalue weighted by Crippen LogP contribution is 2.78. The van der Waals surface area contributed by atoms with Crippen LogP contribution in [0.25, 0.3) is 0 Å². The molecule has 0 radical (unpaired) electrons. The van der Waals surface area contributed by atoms with Crippen LogP contribution in [0.5, 0.6) is 0 Å². The molecule has 2 amide bonds. The summed E-state index contributed by atoms with van der Waals surface area (Å²) in [6, 6.07) is 1.57. The normalized spacial score (nSPS) is 29.3. The van der Waals surface area contributed by atoms with Crippen LogP contribution in [-0.2, 0) is 28.0 Å². The fourth-order valence-electron chi connectivity index (χ4n) is 6.41. The third kappa shape index (κ3) is 5.59. The van der Waals surface area contributed by atoms with Gasteiger partial charge in [0.05, 0.1) is 21.7 Å². The molecule has 0 bridgehead atoms. The highest BCUT2D eigenvalue weighted by Gasteiger charge is 2.90. The van der Waals surface area contributed by atoms with E-state index >= 15 is 0 Å². The van der Waals surface area contributed by atoms with Gasteiger partial charge in [0.15, 0.2) is 16.6 Å². The van der Waals surface area contributed by atoms with E-state index in [4.69, 9.17) is 8.85 Å². The van der Waals surface area contributed by atoms with Crippen molar-refractivity contribution in [1.29, 1.82) is 0 Å². The largest absolute Gasteiger partial charge is 0.481 e. The van der Waals surface area contributed by atoms with Crippen molar-refractivity contribution in [2.75, 3.05) is 26.3 Å². The maximum Gasteiger partial charge on any atom is 0.311 e. The van der Waals surface area contributed by atoms with E-state index < -0.39 is 62.0 Å². The van der Waals surface area contributed by atoms with Crippen LogP contribution in [0.4, 0.5) is 0 Å². The van der Waals surface area contributed by atoms with Crippen molar-refractivity contribution in [2.24, 2.45) is 21.7 Å². The smallest absolute Gasteiger partial charge is 0.311 e. The molecule has 1 rings (SSSR count). The van der Waals surface area contributed by atoms with Gasteiger partial charge in [-0.25, -0.2) is 0 Å². The number of nitrogens with one attached hydrogen (secondary N) is 2. The minimum Gasteiger partial charge on any atom is -0.481 e. The van der Waals surface area contributed by atoms with Gasteiger partial charge < -0.3 is 29.7 Å². The topological polar surface area (TPSA) is 151 Å². The lowest BCUT2D eigenvalue weighted by molar-refractivity contribution is -0.281. The summed E-state index contributed by atoms with van der Waals surface area (Å²) in [6.07, 6.45) is 1.24. The summed E-state index contributed by atoms with van der Waals surface area (Å²) in [5, 5.41) is 26.3. The maximum absolute atomic E-state index is 13.6. The lowest BCUT2D eigenvalue weighted by atomic mass is 9.25. The second kappa shape index (κ2) is 12.2. The zero-order chi connectivity index (χ0) is 29.8. The number of carbonyl (C=O) groups excluding carboxylic acids is 2. The Balaban J connectivity index is 3.20. The van der Waals surface area contributed by atoms with Crippen molar-refractivity contribution >= 4 is 40.4 Å². The van der Waals surface area contributed by atoms with E-state index in [0.717, 1.165) is 12.1 Å². The summed E-state index contributed by atoms with van der Waals surface area (Å²) in [7, 11) is -3.75. The van der Waals surface area contributed by atoms with Gasteiger partial charge in [-0.2, -0.15) is 0 Å². The molecule has 10 nitrogen and oxygen atoms in total. The van der Waals surface area contributed by atoms with Gasteiger partial charge in [0.1, 0.15) is 0 Å². The summed E-state index contributed by atoms with van der Waals surface area (Å²) in [5.74, 6) is -4.14. The molecule has 0 aliphatic heterocycles. The average Bonchev–Trinajstić information content (AvgIpc) is 2.81. The number of carboxylic acids is 2. The fraction of sp³-hybridized carbons (Fsp3) is 0.846. The summed E-state index contributed by atoms with van der Waals surface area (Å²) >= 11 is 0. The predicted octanol–water partition coefficient (Wildman–Crippen LogP) is 3.69. The van der Waals surface area contributed by atoms with E-state index in [0.29, 0.717) is 26.1 Å². The standard InChI is InChI=1S/C26H50N2O8Si2/c1-11-35-37(7,8)17-13-15-27-19(29)23(3)25(5,21(31)32)24(4,26(23,6)22(33)34)20(30)28-16-14-18-38(9,10)36-12-2/h11-18H2,1-10H3,(H,27,29)(H,28,30)(H,31,32)(H,33,34). The number of amides is 2. The highest BCUT2D eigenvalue weighted by molar-refractivity contribution is 6.71. The van der Waals surface area contributed by atoms with E-state index in [9.17, 15) is 29.4 Å². The molecule has 1 aliphatic carbocycles. The van der Waals surface area contributed by atoms with Gasteiger partial charge >= 0.3 is 11.9 Å². The van der Waals surface area contributed by atoms with Gasteiger partial charge in [-0.3, -0.25) is 19.2 Å². The first-order valence-electron chi connectivity index (χ1n) is 13.6. The first-order chi connectivity index (χ1) is 17.3. The molecule has 0 aromatic carbocycles. The molecule has 4 N–H and O–H groups in total. The van der Waals surface area contributed by atoms with Crippen molar-refractivity contribution < 1.29 is 38.2 Å². The van der Waals surface area contributed by atoms with E-state index in [-0.39, 0.29) is 13.1 Å². The Morgan fingerprint density at radius 1 is 0.632 bits per heavy atom. The number of carbonyl (C=O) groups is 4. The number of aliphatic carboxylic acids is 2. The van der Waals surface area contributed by atoms with Gasteiger partial charge in [0, 0.05) is 26.3 Å². The zero-order valence-corrected chi connectivity index (χ0v) is 27.0. The van der Waals surface area contributed by atoms with Crippen LogP contribution >= 0.6 is 0 Å². The molecular weight excluding hydrogens is 524 g/mol. The lowest BCUT2D eigenvalue weighted by Gasteiger charge is -2.72. The highest BCUT2D eigenvalue weighted by atomic mass is 28.4. The summed E-state index contributed by atoms with van der Waals surface area (Å²) < 4.78 is 11.6. The van der Waals surface area contributed by atoms with E-state index in [1.807, 2.05) is 13.8 Å². The van der Waals surface area contributed by atoms with Crippen molar-refractivity contribution in [3.8, 4) is 0 Å². The average molecular weight is 575 g/mol. The van der Waals surface area contributed by atoms with Crippen LogP contribution in [0.1, 0.15) is 54.4 Å². The Hall–Kier alpha value is -1.77. The van der Waals surface area contributed by atoms with E-state index in [1.165, 1.54) is 27.7 Å². The summed E-state index contributed by atoms with van der Waals surface area (Å²) in [5.41, 5.74) is -7.72. The minimum absolute atomic E-state index is 0.256. The second-order valence-electron chi connectivity index (χ2n) is 12.2. The van der Waals surface area contributed by atoms with Crippen LogP contribution < -0.4 is 10.6 Å². The van der Waals surface area contributed by atoms with Gasteiger partial charge in [-0.15, -0.1) is 0 Å². The van der Waals surface area contributed by atoms with Crippen molar-refractivity contribution in [2.45, 2.75) is 92.7 Å². The van der Waals surface area contributed by atoms with Crippen LogP contribution in [0.15, 0.2) is 0 Å². The molecule has 38 heavy (non-hydrogen) atoms. The third-order valence-corrected chi connectivity index (χ3v) is 14.6. The Morgan fingerprint density at radius 3 is 1.16 bits per heavy atom. The molecule has 0 atom stereocenters. The van der Waals surface area contributed by atoms with Gasteiger partial charge in [0.25, 0.3) is 0 Å². The molecule has 1 fully saturated rings. The fourth-order valence-corrected chi connectivity index (χ4v) is 10.3. The quantitative estimate of drug-likeness (QED) is 0.161. The SMILES string of the molecule is CCO[Si](C)(C)CCCNC(=O)C1(C)C(C)(C(=O)O)C(C)(C(=O)NCCC[Si](C)(C)OCC)C1(C)C(=O)O. The predicted molar refractivity (Wildman–Crippen MR) is 151 cm³/mol. The molecule has 12 heteroatoms. The molecule has 0 aromatic rings. The molecule has 0 heterocycles. The second-order valence-corrected chi connectivity index (χ2v) is 20.8. The lowest BCUT2D eigenvalue weighted by Crippen LogP contribution is -2.86. The van der Waals surface area contributed by atoms with E-state index in [2.05, 4.69) is 36.8 Å². The Labute approximate surface area is 229 Å². The Kier molecular flexibility index (Phi) is 11.0. The number of carboxylic acid groups (broad SMARTS) is 2. The zero-order valence-electron chi connectivity index (χ0n) is 25.0. The van der Waals surface area contributed by atoms with Crippen LogP contribution in [0.3, 0.4) is 0 Å². The number of rotatable bonds is 16.